The van der Waals surface area contributed by atoms with E-state index >= 15 is 0 Å². The Morgan fingerprint density at radius 3 is 0.405 bits per heavy atom. The Labute approximate surface area is 317 Å². The molecular weight excluding hydrogens is 959 g/mol. The molecule has 0 bridgehead atoms. The summed E-state index contributed by atoms with van der Waals surface area (Å²) in [7, 11) is 0. The van der Waals surface area contributed by atoms with Crippen molar-refractivity contribution in [3.8, 4) is 0 Å². The minimum absolute atomic E-state index is 0. The Balaban J connectivity index is -0.0000000130. The molecular formula is C24H22Fe4O12Te2. The molecule has 18 heteroatoms. The van der Waals surface area contributed by atoms with Crippen LogP contribution in [-0.2, 0) is 124 Å². The topological polar surface area (TPSA) is 239 Å². The van der Waals surface area contributed by atoms with Crippen LogP contribution < -0.4 is 0 Å². The van der Waals surface area contributed by atoms with E-state index in [0.29, 0.717) is 0 Å². The molecule has 42 heavy (non-hydrogen) atoms. The molecule has 2 aliphatic rings. The van der Waals surface area contributed by atoms with Crippen LogP contribution in [0.1, 0.15) is 64.2 Å². The summed E-state index contributed by atoms with van der Waals surface area (Å²) in [6.07, 6.45) is 14.9. The molecule has 0 N–H and O–H groups in total. The van der Waals surface area contributed by atoms with Gasteiger partial charge in [0.1, 0.15) is 0 Å². The maximum atomic E-state index is 7.50. The summed E-state index contributed by atoms with van der Waals surface area (Å²) in [5, 5.41) is 0. The molecule has 0 aliphatic heterocycles. The fourth-order valence-corrected chi connectivity index (χ4v) is 4.03. The first-order chi connectivity index (χ1) is 18.8. The van der Waals surface area contributed by atoms with E-state index in [2.05, 4.69) is 124 Å². The van der Waals surface area contributed by atoms with Gasteiger partial charge in [0, 0.05) is 68.3 Å². The van der Waals surface area contributed by atoms with Crippen molar-refractivity contribution in [1.29, 1.82) is 0 Å². The average Bonchev–Trinajstić information content (AvgIpc) is 3.09. The molecule has 2 rings (SSSR count). The van der Waals surface area contributed by atoms with Gasteiger partial charge in [-0.15, -0.1) is 0 Å². The summed E-state index contributed by atoms with van der Waals surface area (Å²) in [5.41, 5.74) is 0. The van der Waals surface area contributed by atoms with Gasteiger partial charge in [0.05, 0.1) is 0 Å². The Kier molecular flexibility index (Phi) is 619. The zero-order chi connectivity index (χ0) is 34.2. The summed E-state index contributed by atoms with van der Waals surface area (Å²) in [6, 6.07) is 0. The summed E-state index contributed by atoms with van der Waals surface area (Å²) in [6.45, 7) is 54.0. The molecule has 0 aromatic carbocycles. The van der Waals surface area contributed by atoms with Crippen LogP contribution in [0.25, 0.3) is 0 Å². The summed E-state index contributed by atoms with van der Waals surface area (Å²) in [5.74, 6) is 0. The first kappa shape index (κ1) is 104. The van der Waals surface area contributed by atoms with Gasteiger partial charge in [-0.2, -0.15) is 0 Å². The first-order valence-corrected chi connectivity index (χ1v) is 11.2. The van der Waals surface area contributed by atoms with E-state index in [9.17, 15) is 0 Å². The molecule has 0 aromatic rings. The molecule has 0 saturated heterocycles. The molecule has 0 unspecified atom stereocenters. The van der Waals surface area contributed by atoms with E-state index in [1.165, 1.54) is 64.2 Å². The van der Waals surface area contributed by atoms with E-state index in [1.807, 2.05) is 0 Å². The summed E-state index contributed by atoms with van der Waals surface area (Å²) >= 11 is 4.59. The standard InChI is InChI=1S/2C6H11Te.12CO.4Fe/c2*7-6-4-2-1-3-5-6;12*1-2;;;;/h2*6H,1-5H2;;;;;;;;;;;;;;;;. The fourth-order valence-electron chi connectivity index (χ4n) is 2.13. The van der Waals surface area contributed by atoms with Crippen LogP contribution in [0, 0.1) is 79.8 Å². The molecule has 234 valence electrons. The van der Waals surface area contributed by atoms with E-state index < -0.39 is 0 Å². The van der Waals surface area contributed by atoms with Crippen molar-refractivity contribution in [3.63, 3.8) is 0 Å². The fraction of sp³-hybridized carbons (Fsp3) is 0.500. The maximum absolute atomic E-state index is 7.50. The van der Waals surface area contributed by atoms with E-state index in [0.717, 1.165) is 7.93 Å². The minimum atomic E-state index is 0. The van der Waals surface area contributed by atoms with Crippen LogP contribution >= 0.6 is 0 Å². The van der Waals surface area contributed by atoms with Crippen LogP contribution in [0.3, 0.4) is 0 Å². The van der Waals surface area contributed by atoms with Gasteiger partial charge in [0.25, 0.3) is 0 Å². The molecule has 2 radical (unpaired) electrons. The quantitative estimate of drug-likeness (QED) is 0.193. The van der Waals surface area contributed by atoms with Gasteiger partial charge in [0.2, 0.25) is 0 Å². The zero-order valence-electron chi connectivity index (χ0n) is 21.4. The van der Waals surface area contributed by atoms with Gasteiger partial charge < -0.3 is 0 Å². The van der Waals surface area contributed by atoms with Gasteiger partial charge in [-0.3, -0.25) is 0 Å². The molecule has 2 fully saturated rings. The van der Waals surface area contributed by atoms with Crippen LogP contribution in [0.4, 0.5) is 0 Å². The van der Waals surface area contributed by atoms with Gasteiger partial charge in [-0.1, -0.05) is 0 Å². The molecule has 0 heterocycles. The van der Waals surface area contributed by atoms with Crippen molar-refractivity contribution in [2.75, 3.05) is 0 Å². The first-order valence-electron chi connectivity index (χ1n) is 8.55. The van der Waals surface area contributed by atoms with Gasteiger partial charge in [-0.25, -0.2) is 0 Å². The second kappa shape index (κ2) is 250. The number of hydrogen-bond donors (Lipinski definition) is 0. The van der Waals surface area contributed by atoms with E-state index in [-0.39, 0.29) is 68.3 Å². The average molecular weight is 981 g/mol. The monoisotopic (exact) mass is 986 g/mol. The second-order valence-electron chi connectivity index (χ2n) is 4.52. The summed E-state index contributed by atoms with van der Waals surface area (Å²) in [4.78, 5) is 0. The van der Waals surface area contributed by atoms with Crippen molar-refractivity contribution in [2.24, 2.45) is 0 Å². The van der Waals surface area contributed by atoms with Crippen LogP contribution in [0.5, 0.6) is 0 Å². The Morgan fingerprint density at radius 1 is 0.262 bits per heavy atom. The third-order valence-corrected chi connectivity index (χ3v) is 5.80. The van der Waals surface area contributed by atoms with Gasteiger partial charge in [-0.05, 0) is 0 Å². The predicted molar refractivity (Wildman–Crippen MR) is 112 cm³/mol. The van der Waals surface area contributed by atoms with E-state index in [4.69, 9.17) is 55.8 Å². The Bertz CT molecular complexity index is 442. The van der Waals surface area contributed by atoms with Crippen LogP contribution in [-0.4, -0.2) is 44.6 Å². The van der Waals surface area contributed by atoms with Crippen molar-refractivity contribution in [2.45, 2.75) is 72.1 Å². The Morgan fingerprint density at radius 2 is 0.357 bits per heavy atom. The third kappa shape index (κ3) is 232. The third-order valence-electron chi connectivity index (χ3n) is 3.10. The molecule has 2 saturated carbocycles. The molecule has 0 spiro atoms. The zero-order valence-corrected chi connectivity index (χ0v) is 30.4. The van der Waals surface area contributed by atoms with Crippen LogP contribution in [0.2, 0.25) is 7.93 Å². The predicted octanol–water partition coefficient (Wildman–Crippen LogP) is 3.35. The van der Waals surface area contributed by atoms with Crippen LogP contribution in [0.15, 0.2) is 0 Å². The van der Waals surface area contributed by atoms with Gasteiger partial charge >= 0.3 is 252 Å². The molecule has 0 aromatic heterocycles. The molecule has 2 aliphatic carbocycles. The number of rotatable bonds is 0. The number of hydrogen-bond acceptors (Lipinski definition) is 0. The van der Waals surface area contributed by atoms with E-state index in [1.54, 1.807) is 0 Å². The molecule has 0 amide bonds. The van der Waals surface area contributed by atoms with Crippen molar-refractivity contribution in [1.82, 2.24) is 0 Å². The van der Waals surface area contributed by atoms with Crippen molar-refractivity contribution >= 4 is 44.6 Å². The molecule has 12 nitrogen and oxygen atoms in total. The SMILES string of the molecule is [C-]#[O+].[C-]#[O+].[C-]#[O+].[C-]#[O+].[C-]#[O+].[C-]#[O+].[C-]#[O+].[C-]#[O+].[C-]#[O+].[C-]#[O+].[C-]#[O+].[C-]#[O+].[Fe].[Fe].[Fe].[Fe].[Te]C1CCCCC1.[Te]C1CCCCC1. The van der Waals surface area contributed by atoms with Crippen molar-refractivity contribution in [3.05, 3.63) is 79.8 Å². The molecule has 0 atom stereocenters. The Hall–Kier alpha value is 0.537. The normalized spacial score (nSPS) is 9.00. The second-order valence-corrected chi connectivity index (χ2v) is 8.33. The van der Waals surface area contributed by atoms with Crippen molar-refractivity contribution < 1.29 is 124 Å². The van der Waals surface area contributed by atoms with Gasteiger partial charge in [0.15, 0.2) is 0 Å². The summed E-state index contributed by atoms with van der Waals surface area (Å²) < 4.78 is 92.1.